The summed E-state index contributed by atoms with van der Waals surface area (Å²) < 4.78 is 23.4. The van der Waals surface area contributed by atoms with Crippen molar-refractivity contribution in [2.24, 2.45) is 0 Å². The highest BCUT2D eigenvalue weighted by Crippen LogP contribution is 2.19. The molecule has 0 radical (unpaired) electrons. The normalized spacial score (nSPS) is 33.6. The smallest absolute Gasteiger partial charge is 0.211 e. The molecule has 0 aromatic rings. The molecule has 0 bridgehead atoms. The fourth-order valence-electron chi connectivity index (χ4n) is 1.18. The molecule has 1 rings (SSSR count). The Morgan fingerprint density at radius 3 is 2.58 bits per heavy atom. The van der Waals surface area contributed by atoms with E-state index in [1.54, 1.807) is 0 Å². The van der Waals surface area contributed by atoms with Gasteiger partial charge < -0.3 is 5.11 Å². The lowest BCUT2D eigenvalue weighted by molar-refractivity contribution is 0.116. The minimum absolute atomic E-state index is 0.0236. The molecule has 6 heteroatoms. The van der Waals surface area contributed by atoms with Crippen LogP contribution in [0, 0.1) is 0 Å². The summed E-state index contributed by atoms with van der Waals surface area (Å²) in [4.78, 5) is 0.0236. The molecule has 1 aliphatic rings. The summed E-state index contributed by atoms with van der Waals surface area (Å²) in [7, 11) is -3.13. The second-order valence-electron chi connectivity index (χ2n) is 2.99. The van der Waals surface area contributed by atoms with Crippen molar-refractivity contribution in [3.63, 3.8) is 0 Å². The summed E-state index contributed by atoms with van der Waals surface area (Å²) in [6.07, 6.45) is 1.23. The summed E-state index contributed by atoms with van der Waals surface area (Å²) in [5.41, 5.74) is 0. The lowest BCUT2D eigenvalue weighted by atomic mass is 10.1. The van der Waals surface area contributed by atoms with E-state index < -0.39 is 16.1 Å². The van der Waals surface area contributed by atoms with Crippen LogP contribution in [-0.2, 0) is 10.0 Å². The average Bonchev–Trinajstić information content (AvgIpc) is 1.92. The second-order valence-corrected chi connectivity index (χ2v) is 6.15. The largest absolute Gasteiger partial charge is 0.391 e. The van der Waals surface area contributed by atoms with E-state index in [4.69, 9.17) is 0 Å². The van der Waals surface area contributed by atoms with Gasteiger partial charge in [-0.15, -0.1) is 0 Å². The number of alkyl halides is 1. The van der Waals surface area contributed by atoms with Gasteiger partial charge in [0.1, 0.15) is 0 Å². The van der Waals surface area contributed by atoms with E-state index >= 15 is 0 Å². The third-order valence-corrected chi connectivity index (χ3v) is 4.27. The molecule has 12 heavy (non-hydrogen) atoms. The lowest BCUT2D eigenvalue weighted by Gasteiger charge is -2.31. The molecule has 0 unspecified atom stereocenters. The Labute approximate surface area is 80.7 Å². The third-order valence-electron chi connectivity index (χ3n) is 1.93. The molecule has 0 amide bonds. The molecule has 0 saturated carbocycles. The number of β-amino-alcohol motifs (C(OH)–C–C–N with tert-alkyl or cyclic N) is 1. The van der Waals surface area contributed by atoms with Crippen molar-refractivity contribution in [2.75, 3.05) is 19.3 Å². The topological polar surface area (TPSA) is 57.6 Å². The van der Waals surface area contributed by atoms with Crippen LogP contribution in [0.5, 0.6) is 0 Å². The minimum atomic E-state index is -3.13. The van der Waals surface area contributed by atoms with Gasteiger partial charge in [0.25, 0.3) is 0 Å². The van der Waals surface area contributed by atoms with Gasteiger partial charge in [0.15, 0.2) is 0 Å². The Bertz CT molecular complexity index is 254. The van der Waals surface area contributed by atoms with Crippen LogP contribution in [0.15, 0.2) is 0 Å². The monoisotopic (exact) mass is 257 g/mol. The van der Waals surface area contributed by atoms with Crippen molar-refractivity contribution < 1.29 is 13.5 Å². The number of hydrogen-bond acceptors (Lipinski definition) is 3. The van der Waals surface area contributed by atoms with Gasteiger partial charge in [-0.05, 0) is 6.42 Å². The van der Waals surface area contributed by atoms with Gasteiger partial charge in [-0.1, -0.05) is 15.9 Å². The maximum absolute atomic E-state index is 11.0. The van der Waals surface area contributed by atoms with Gasteiger partial charge in [-0.3, -0.25) is 0 Å². The zero-order chi connectivity index (χ0) is 9.35. The van der Waals surface area contributed by atoms with Gasteiger partial charge in [-0.25, -0.2) is 8.42 Å². The van der Waals surface area contributed by atoms with Crippen molar-refractivity contribution in [3.05, 3.63) is 0 Å². The first-order chi connectivity index (χ1) is 5.41. The number of aliphatic hydroxyl groups excluding tert-OH is 1. The first kappa shape index (κ1) is 10.4. The molecule has 2 atom stereocenters. The van der Waals surface area contributed by atoms with Crippen molar-refractivity contribution in [1.29, 1.82) is 0 Å². The molecule has 1 fully saturated rings. The number of piperidine rings is 1. The Hall–Kier alpha value is 0.350. The predicted octanol–water partition coefficient (Wildman–Crippen LogP) is -0.224. The van der Waals surface area contributed by atoms with Gasteiger partial charge in [0, 0.05) is 17.9 Å². The van der Waals surface area contributed by atoms with Crippen LogP contribution in [0.25, 0.3) is 0 Å². The lowest BCUT2D eigenvalue weighted by Crippen LogP contribution is -2.46. The Kier molecular flexibility index (Phi) is 3.14. The summed E-state index contributed by atoms with van der Waals surface area (Å²) in [6.45, 7) is 0.695. The van der Waals surface area contributed by atoms with E-state index in [1.165, 1.54) is 4.31 Å². The molecule has 0 aromatic heterocycles. The van der Waals surface area contributed by atoms with Crippen molar-refractivity contribution >= 4 is 26.0 Å². The molecule has 4 nitrogen and oxygen atoms in total. The quantitative estimate of drug-likeness (QED) is 0.661. The predicted molar refractivity (Wildman–Crippen MR) is 49.8 cm³/mol. The molecule has 1 heterocycles. The molecule has 1 aliphatic heterocycles. The summed E-state index contributed by atoms with van der Waals surface area (Å²) >= 11 is 3.28. The van der Waals surface area contributed by atoms with E-state index in [1.807, 2.05) is 0 Å². The number of hydrogen-bond donors (Lipinski definition) is 1. The zero-order valence-corrected chi connectivity index (χ0v) is 9.18. The van der Waals surface area contributed by atoms with Crippen LogP contribution in [0.4, 0.5) is 0 Å². The van der Waals surface area contributed by atoms with Crippen LogP contribution in [0.1, 0.15) is 6.42 Å². The molecule has 1 saturated heterocycles. The molecule has 0 aliphatic carbocycles. The van der Waals surface area contributed by atoms with E-state index in [2.05, 4.69) is 15.9 Å². The zero-order valence-electron chi connectivity index (χ0n) is 6.77. The standard InChI is InChI=1S/C6H12BrNO3S/c1-12(10,11)8-3-2-5(7)6(9)4-8/h5-6,9H,2-4H2,1H3/t5-,6-/m1/s1. The summed E-state index contributed by atoms with van der Waals surface area (Å²) in [6, 6.07) is 0. The van der Waals surface area contributed by atoms with Crippen LogP contribution in [-0.4, -0.2) is 48.1 Å². The average molecular weight is 258 g/mol. The maximum atomic E-state index is 11.0. The van der Waals surface area contributed by atoms with Crippen LogP contribution in [0.2, 0.25) is 0 Å². The third kappa shape index (κ3) is 2.42. The second kappa shape index (κ2) is 3.61. The fourth-order valence-corrected chi connectivity index (χ4v) is 2.41. The summed E-state index contributed by atoms with van der Waals surface area (Å²) in [5.74, 6) is 0. The minimum Gasteiger partial charge on any atom is -0.391 e. The first-order valence-electron chi connectivity index (χ1n) is 3.68. The van der Waals surface area contributed by atoms with Crippen molar-refractivity contribution in [2.45, 2.75) is 17.4 Å². The van der Waals surface area contributed by atoms with E-state index in [0.29, 0.717) is 13.0 Å². The number of halogens is 1. The molecular weight excluding hydrogens is 246 g/mol. The molecule has 0 spiro atoms. The number of aliphatic hydroxyl groups is 1. The first-order valence-corrected chi connectivity index (χ1v) is 6.45. The van der Waals surface area contributed by atoms with Gasteiger partial charge in [-0.2, -0.15) is 4.31 Å². The highest BCUT2D eigenvalue weighted by atomic mass is 79.9. The molecular formula is C6H12BrNO3S. The van der Waals surface area contributed by atoms with Crippen LogP contribution in [0.3, 0.4) is 0 Å². The van der Waals surface area contributed by atoms with E-state index in [0.717, 1.165) is 6.26 Å². The highest BCUT2D eigenvalue weighted by Gasteiger charge is 2.29. The van der Waals surface area contributed by atoms with Gasteiger partial charge in [0.05, 0.1) is 12.4 Å². The number of sulfonamides is 1. The Morgan fingerprint density at radius 1 is 1.58 bits per heavy atom. The summed E-state index contributed by atoms with van der Waals surface area (Å²) in [5, 5.41) is 9.36. The molecule has 0 aromatic carbocycles. The van der Waals surface area contributed by atoms with Crippen LogP contribution >= 0.6 is 15.9 Å². The molecule has 1 N–H and O–H groups in total. The SMILES string of the molecule is CS(=O)(=O)N1CC[C@@H](Br)[C@H](O)C1. The Balaban J connectivity index is 2.64. The Morgan fingerprint density at radius 2 is 2.17 bits per heavy atom. The van der Waals surface area contributed by atoms with E-state index in [9.17, 15) is 13.5 Å². The number of nitrogens with zero attached hydrogens (tertiary/aromatic N) is 1. The van der Waals surface area contributed by atoms with Crippen molar-refractivity contribution in [1.82, 2.24) is 4.31 Å². The van der Waals surface area contributed by atoms with Crippen LogP contribution < -0.4 is 0 Å². The maximum Gasteiger partial charge on any atom is 0.211 e. The van der Waals surface area contributed by atoms with E-state index in [-0.39, 0.29) is 11.4 Å². The van der Waals surface area contributed by atoms with Gasteiger partial charge >= 0.3 is 0 Å². The highest BCUT2D eigenvalue weighted by molar-refractivity contribution is 9.09. The molecule has 72 valence electrons. The fraction of sp³-hybridized carbons (Fsp3) is 1.00. The van der Waals surface area contributed by atoms with Crippen molar-refractivity contribution in [3.8, 4) is 0 Å². The number of rotatable bonds is 1. The van der Waals surface area contributed by atoms with Gasteiger partial charge in [0.2, 0.25) is 10.0 Å².